The third kappa shape index (κ3) is 10.0. The molecule has 1 amide bonds. The molecule has 0 aliphatic carbocycles. The number of likely N-dealkylation sites (N-methyl/N-ethyl adjacent to an activating group) is 1. The van der Waals surface area contributed by atoms with Gasteiger partial charge in [0, 0.05) is 19.3 Å². The van der Waals surface area contributed by atoms with Gasteiger partial charge >= 0.3 is 0 Å². The first-order valence-electron chi connectivity index (χ1n) is 10.7. The lowest BCUT2D eigenvalue weighted by Gasteiger charge is -2.22. The molecule has 33 heavy (non-hydrogen) atoms. The minimum absolute atomic E-state index is 0.180. The number of aliphatic imine (C=N–C) groups is 1. The van der Waals surface area contributed by atoms with E-state index < -0.39 is 5.60 Å². The Labute approximate surface area is 197 Å². The van der Waals surface area contributed by atoms with Crippen molar-refractivity contribution in [2.45, 2.75) is 47.1 Å². The SMILES string of the molecule is C=C/C=C\C(O/C(=C/C)CN(C)C(=O)/C=C/c1cnc(/N=C/N)c(OC(C)(C)C)c1)=C(C)C. The number of nitrogens with zero attached hydrogens (tertiary/aromatic N) is 3. The van der Waals surface area contributed by atoms with Crippen LogP contribution in [-0.2, 0) is 9.53 Å². The van der Waals surface area contributed by atoms with Crippen LogP contribution in [0.3, 0.4) is 0 Å². The number of aromatic nitrogens is 1. The number of ether oxygens (including phenoxy) is 2. The van der Waals surface area contributed by atoms with Crippen LogP contribution in [0.15, 0.2) is 71.3 Å². The zero-order valence-corrected chi connectivity index (χ0v) is 20.8. The number of carbonyl (C=O) groups is 1. The molecule has 2 N–H and O–H groups in total. The normalized spacial score (nSPS) is 12.4. The van der Waals surface area contributed by atoms with E-state index in [9.17, 15) is 4.79 Å². The van der Waals surface area contributed by atoms with Gasteiger partial charge in [-0.05, 0) is 77.0 Å². The first kappa shape index (κ1) is 27.4. The fourth-order valence-electron chi connectivity index (χ4n) is 2.50. The van der Waals surface area contributed by atoms with Crippen molar-refractivity contribution in [2.24, 2.45) is 10.7 Å². The van der Waals surface area contributed by atoms with Crippen molar-refractivity contribution in [3.05, 3.63) is 71.9 Å². The minimum Gasteiger partial charge on any atom is -0.484 e. The summed E-state index contributed by atoms with van der Waals surface area (Å²) in [4.78, 5) is 22.6. The van der Waals surface area contributed by atoms with Crippen LogP contribution in [0.25, 0.3) is 6.08 Å². The van der Waals surface area contributed by atoms with E-state index in [0.717, 1.165) is 11.3 Å². The van der Waals surface area contributed by atoms with Gasteiger partial charge in [-0.3, -0.25) is 4.79 Å². The van der Waals surface area contributed by atoms with Crippen LogP contribution in [0.4, 0.5) is 5.82 Å². The summed E-state index contributed by atoms with van der Waals surface area (Å²) in [6.07, 6.45) is 13.1. The highest BCUT2D eigenvalue weighted by Gasteiger charge is 2.16. The second kappa shape index (κ2) is 13.1. The fraction of sp³-hybridized carbons (Fsp3) is 0.346. The van der Waals surface area contributed by atoms with Gasteiger partial charge in [-0.1, -0.05) is 18.7 Å². The van der Waals surface area contributed by atoms with Crippen LogP contribution in [0.5, 0.6) is 5.75 Å². The zero-order valence-electron chi connectivity index (χ0n) is 20.8. The quantitative estimate of drug-likeness (QED) is 0.171. The molecule has 0 unspecified atom stereocenters. The van der Waals surface area contributed by atoms with E-state index >= 15 is 0 Å². The zero-order chi connectivity index (χ0) is 25.0. The predicted molar refractivity (Wildman–Crippen MR) is 136 cm³/mol. The molecule has 0 atom stereocenters. The molecule has 0 aromatic carbocycles. The summed E-state index contributed by atoms with van der Waals surface area (Å²) in [5, 5.41) is 0. The van der Waals surface area contributed by atoms with E-state index in [-0.39, 0.29) is 5.91 Å². The number of nitrogens with two attached hydrogens (primary N) is 1. The summed E-state index contributed by atoms with van der Waals surface area (Å²) in [7, 11) is 1.72. The molecular formula is C26H36N4O3. The molecule has 0 saturated carbocycles. The molecule has 0 saturated heterocycles. The maximum absolute atomic E-state index is 12.7. The first-order valence-corrected chi connectivity index (χ1v) is 10.7. The Morgan fingerprint density at radius 2 is 2.00 bits per heavy atom. The molecule has 0 aliphatic rings. The van der Waals surface area contributed by atoms with Gasteiger partial charge in [0.05, 0.1) is 12.9 Å². The van der Waals surface area contributed by atoms with E-state index in [1.165, 1.54) is 12.4 Å². The third-order valence-electron chi connectivity index (χ3n) is 4.09. The highest BCUT2D eigenvalue weighted by atomic mass is 16.5. The van der Waals surface area contributed by atoms with Gasteiger partial charge in [0.25, 0.3) is 0 Å². The average molecular weight is 453 g/mol. The topological polar surface area (TPSA) is 90.0 Å². The molecule has 1 heterocycles. The highest BCUT2D eigenvalue weighted by molar-refractivity contribution is 5.91. The molecule has 0 bridgehead atoms. The second-order valence-corrected chi connectivity index (χ2v) is 8.43. The molecule has 178 valence electrons. The van der Waals surface area contributed by atoms with Gasteiger partial charge in [-0.25, -0.2) is 9.98 Å². The number of hydrogen-bond acceptors (Lipinski definition) is 5. The van der Waals surface area contributed by atoms with Gasteiger partial charge in [0.1, 0.15) is 17.1 Å². The Kier molecular flexibility index (Phi) is 10.8. The maximum Gasteiger partial charge on any atom is 0.246 e. The standard InChI is InChI=1S/C26H36N4O3/c1-9-11-12-22(19(3)4)32-21(10-2)17-30(8)24(31)14-13-20-15-23(33-26(5,6)7)25(28-16-20)29-18-27/h9-16,18H,1,17H2,2-8H3,(H2,27,28,29)/b12-11-,14-13+,21-10+. The van der Waals surface area contributed by atoms with Crippen molar-refractivity contribution in [1.29, 1.82) is 0 Å². The highest BCUT2D eigenvalue weighted by Crippen LogP contribution is 2.29. The Balaban J connectivity index is 2.96. The van der Waals surface area contributed by atoms with Gasteiger partial charge in [-0.15, -0.1) is 0 Å². The van der Waals surface area contributed by atoms with E-state index in [0.29, 0.717) is 29.4 Å². The van der Waals surface area contributed by atoms with Crippen molar-refractivity contribution >= 4 is 24.1 Å². The van der Waals surface area contributed by atoms with Crippen molar-refractivity contribution in [2.75, 3.05) is 13.6 Å². The predicted octanol–water partition coefficient (Wildman–Crippen LogP) is 5.31. The molecule has 0 radical (unpaired) electrons. The molecule has 0 spiro atoms. The molecule has 7 nitrogen and oxygen atoms in total. The van der Waals surface area contributed by atoms with Crippen LogP contribution in [-0.4, -0.2) is 41.3 Å². The second-order valence-electron chi connectivity index (χ2n) is 8.43. The molecule has 1 aromatic rings. The van der Waals surface area contributed by atoms with Gasteiger partial charge in [0.2, 0.25) is 5.91 Å². The summed E-state index contributed by atoms with van der Waals surface area (Å²) in [5.41, 5.74) is 6.69. The van der Waals surface area contributed by atoms with Crippen LogP contribution < -0.4 is 10.5 Å². The number of allylic oxidation sites excluding steroid dienone is 5. The lowest BCUT2D eigenvalue weighted by atomic mass is 10.2. The van der Waals surface area contributed by atoms with Crippen molar-refractivity contribution in [3.8, 4) is 5.75 Å². The first-order chi connectivity index (χ1) is 15.5. The third-order valence-corrected chi connectivity index (χ3v) is 4.09. The fourth-order valence-corrected chi connectivity index (χ4v) is 2.50. The monoisotopic (exact) mass is 452 g/mol. The van der Waals surface area contributed by atoms with Gasteiger partial charge < -0.3 is 20.1 Å². The summed E-state index contributed by atoms with van der Waals surface area (Å²) >= 11 is 0. The smallest absolute Gasteiger partial charge is 0.246 e. The molecule has 0 aliphatic heterocycles. The van der Waals surface area contributed by atoms with Crippen LogP contribution in [0.2, 0.25) is 0 Å². The molecule has 1 aromatic heterocycles. The lowest BCUT2D eigenvalue weighted by Crippen LogP contribution is -2.27. The number of rotatable bonds is 10. The summed E-state index contributed by atoms with van der Waals surface area (Å²) in [6, 6.07) is 1.78. The average Bonchev–Trinajstić information content (AvgIpc) is 2.74. The Hall–Kier alpha value is -3.61. The number of hydrogen-bond donors (Lipinski definition) is 1. The van der Waals surface area contributed by atoms with E-state index in [4.69, 9.17) is 15.2 Å². The van der Waals surface area contributed by atoms with Gasteiger partial charge in [0.15, 0.2) is 11.6 Å². The van der Waals surface area contributed by atoms with E-state index in [2.05, 4.69) is 16.6 Å². The van der Waals surface area contributed by atoms with E-state index in [1.807, 2.05) is 59.8 Å². The molecule has 1 rings (SSSR count). The maximum atomic E-state index is 12.7. The Morgan fingerprint density at radius 1 is 1.30 bits per heavy atom. The minimum atomic E-state index is -0.438. The number of pyridine rings is 1. The van der Waals surface area contributed by atoms with Crippen LogP contribution in [0, 0.1) is 0 Å². The summed E-state index contributed by atoms with van der Waals surface area (Å²) in [6.45, 7) is 15.6. The summed E-state index contributed by atoms with van der Waals surface area (Å²) < 4.78 is 11.9. The van der Waals surface area contributed by atoms with Crippen LogP contribution in [0.1, 0.15) is 47.1 Å². The summed E-state index contributed by atoms with van der Waals surface area (Å²) in [5.74, 6) is 2.07. The lowest BCUT2D eigenvalue weighted by molar-refractivity contribution is -0.124. The van der Waals surface area contributed by atoms with E-state index in [1.54, 1.807) is 36.4 Å². The van der Waals surface area contributed by atoms with Crippen LogP contribution >= 0.6 is 0 Å². The number of amides is 1. The van der Waals surface area contributed by atoms with Crippen molar-refractivity contribution < 1.29 is 14.3 Å². The Morgan fingerprint density at radius 3 is 2.55 bits per heavy atom. The molecular weight excluding hydrogens is 416 g/mol. The Bertz CT molecular complexity index is 976. The largest absolute Gasteiger partial charge is 0.484 e. The van der Waals surface area contributed by atoms with Crippen molar-refractivity contribution in [1.82, 2.24) is 9.88 Å². The number of carbonyl (C=O) groups excluding carboxylic acids is 1. The van der Waals surface area contributed by atoms with Gasteiger partial charge in [-0.2, -0.15) is 0 Å². The molecule has 0 fully saturated rings. The molecule has 7 heteroatoms. The van der Waals surface area contributed by atoms with Crippen molar-refractivity contribution in [3.63, 3.8) is 0 Å².